The first-order valence-electron chi connectivity index (χ1n) is 9.39. The van der Waals surface area contributed by atoms with Crippen LogP contribution in [0.5, 0.6) is 5.75 Å². The molecule has 1 fully saturated rings. The number of ether oxygens (including phenoxy) is 1. The number of aromatic amines is 1. The van der Waals surface area contributed by atoms with E-state index in [4.69, 9.17) is 4.74 Å². The first-order valence-corrected chi connectivity index (χ1v) is 9.39. The Morgan fingerprint density at radius 2 is 2.21 bits per heavy atom. The van der Waals surface area contributed by atoms with Crippen LogP contribution in [0.3, 0.4) is 0 Å². The summed E-state index contributed by atoms with van der Waals surface area (Å²) in [5.41, 5.74) is 2.46. The van der Waals surface area contributed by atoms with Crippen molar-refractivity contribution in [3.8, 4) is 17.1 Å². The van der Waals surface area contributed by atoms with Gasteiger partial charge in [0.15, 0.2) is 16.9 Å². The topological polar surface area (TPSA) is 97.7 Å². The zero-order valence-electron chi connectivity index (χ0n) is 16.0. The molecule has 0 spiro atoms. The second-order valence-corrected chi connectivity index (χ2v) is 7.67. The van der Waals surface area contributed by atoms with E-state index in [2.05, 4.69) is 25.4 Å². The van der Waals surface area contributed by atoms with Crippen LogP contribution in [0.15, 0.2) is 30.6 Å². The maximum Gasteiger partial charge on any atom is 0.413 e. The number of fused-ring (bicyclic) bond motifs is 2. The third-order valence-electron chi connectivity index (χ3n) is 5.47. The molecule has 0 unspecified atom stereocenters. The largest absolute Gasteiger partial charge is 0.413 e. The maximum absolute atomic E-state index is 13.6. The van der Waals surface area contributed by atoms with E-state index in [1.54, 1.807) is 30.2 Å². The van der Waals surface area contributed by atoms with Crippen molar-refractivity contribution >= 4 is 28.2 Å². The molecule has 9 heteroatoms. The van der Waals surface area contributed by atoms with E-state index in [1.165, 1.54) is 12.1 Å². The molecule has 0 bridgehead atoms. The van der Waals surface area contributed by atoms with Gasteiger partial charge in [-0.3, -0.25) is 4.68 Å². The molecule has 1 aliphatic rings. The number of amides is 1. The van der Waals surface area contributed by atoms with Crippen molar-refractivity contribution in [2.24, 2.45) is 7.05 Å². The Morgan fingerprint density at radius 3 is 2.97 bits per heavy atom. The van der Waals surface area contributed by atoms with Gasteiger partial charge in [-0.15, -0.1) is 0 Å². The van der Waals surface area contributed by atoms with Crippen LogP contribution >= 0.6 is 0 Å². The van der Waals surface area contributed by atoms with Crippen LogP contribution < -0.4 is 10.1 Å². The van der Waals surface area contributed by atoms with E-state index in [0.29, 0.717) is 33.8 Å². The number of H-pyrrole nitrogens is 1. The Morgan fingerprint density at radius 1 is 1.38 bits per heavy atom. The van der Waals surface area contributed by atoms with Crippen molar-refractivity contribution in [2.75, 3.05) is 0 Å². The number of carbonyl (C=O) groups excluding carboxylic acids is 1. The molecule has 0 atom stereocenters. The van der Waals surface area contributed by atoms with E-state index >= 15 is 0 Å². The van der Waals surface area contributed by atoms with Gasteiger partial charge in [-0.2, -0.15) is 5.10 Å². The number of aromatic nitrogens is 5. The van der Waals surface area contributed by atoms with Crippen molar-refractivity contribution in [3.63, 3.8) is 0 Å². The molecule has 0 aliphatic heterocycles. The first-order chi connectivity index (χ1) is 13.9. The highest BCUT2D eigenvalue weighted by molar-refractivity contribution is 5.93. The number of hydrogen-bond acceptors (Lipinski definition) is 5. The van der Waals surface area contributed by atoms with Crippen molar-refractivity contribution in [1.29, 1.82) is 0 Å². The summed E-state index contributed by atoms with van der Waals surface area (Å²) in [5, 5.41) is 8.13. The van der Waals surface area contributed by atoms with Gasteiger partial charge in [0.2, 0.25) is 0 Å². The molecule has 1 saturated carbocycles. The van der Waals surface area contributed by atoms with Gasteiger partial charge in [-0.05, 0) is 44.4 Å². The molecule has 1 aromatic carbocycles. The fourth-order valence-corrected chi connectivity index (χ4v) is 3.68. The standard InChI is InChI=1S/C20H19FN6O2/c1-20(6-3-7-20)25-19(28)29-15-10-23-18-17(15)24-13(9-22-18)16-12-5-4-11(21)8-14(12)27(2)26-16/h4-5,8-10H,3,6-7H2,1-2H3,(H,22,23)(H,25,28). The van der Waals surface area contributed by atoms with Gasteiger partial charge in [-0.1, -0.05) is 0 Å². The molecule has 1 aliphatic carbocycles. The minimum Gasteiger partial charge on any atom is -0.406 e. The zero-order valence-corrected chi connectivity index (χ0v) is 16.0. The normalized spacial score (nSPS) is 15.4. The maximum atomic E-state index is 13.6. The molecule has 0 radical (unpaired) electrons. The van der Waals surface area contributed by atoms with Crippen LogP contribution in [-0.2, 0) is 7.05 Å². The fourth-order valence-electron chi connectivity index (χ4n) is 3.68. The summed E-state index contributed by atoms with van der Waals surface area (Å²) in [6, 6.07) is 4.48. The van der Waals surface area contributed by atoms with Crippen molar-refractivity contribution in [1.82, 2.24) is 30.0 Å². The summed E-state index contributed by atoms with van der Waals surface area (Å²) in [5.74, 6) is -0.0397. The highest BCUT2D eigenvalue weighted by atomic mass is 19.1. The molecular formula is C20H19FN6O2. The third kappa shape index (κ3) is 2.98. The molecule has 3 aromatic heterocycles. The average Bonchev–Trinajstić information content (AvgIpc) is 3.21. The lowest BCUT2D eigenvalue weighted by Crippen LogP contribution is -2.51. The number of nitrogens with zero attached hydrogens (tertiary/aromatic N) is 4. The van der Waals surface area contributed by atoms with Gasteiger partial charge in [0.05, 0.1) is 11.7 Å². The minimum absolute atomic E-state index is 0.206. The van der Waals surface area contributed by atoms with E-state index in [0.717, 1.165) is 24.6 Å². The SMILES string of the molecule is Cn1nc(-c2cnc3[nH]cc(OC(=O)NC4(C)CCC4)c3n2)c2ccc(F)cc21. The smallest absolute Gasteiger partial charge is 0.406 e. The number of carbonyl (C=O) groups is 1. The second-order valence-electron chi connectivity index (χ2n) is 7.67. The molecule has 29 heavy (non-hydrogen) atoms. The van der Waals surface area contributed by atoms with Crippen LogP contribution in [0.25, 0.3) is 33.5 Å². The summed E-state index contributed by atoms with van der Waals surface area (Å²) in [4.78, 5) is 24.2. The Hall–Kier alpha value is -3.49. The van der Waals surface area contributed by atoms with Crippen molar-refractivity contribution in [3.05, 3.63) is 36.4 Å². The molecule has 8 nitrogen and oxygen atoms in total. The van der Waals surface area contributed by atoms with E-state index in [9.17, 15) is 9.18 Å². The highest BCUT2D eigenvalue weighted by Crippen LogP contribution is 2.32. The average molecular weight is 394 g/mol. The van der Waals surface area contributed by atoms with Gasteiger partial charge in [0, 0.05) is 24.2 Å². The Balaban J connectivity index is 1.51. The van der Waals surface area contributed by atoms with E-state index in [-0.39, 0.29) is 11.4 Å². The number of halogens is 1. The summed E-state index contributed by atoms with van der Waals surface area (Å²) < 4.78 is 20.7. The molecule has 5 rings (SSSR count). The second kappa shape index (κ2) is 6.26. The Bertz CT molecular complexity index is 1260. The monoisotopic (exact) mass is 394 g/mol. The Labute approximate surface area is 165 Å². The van der Waals surface area contributed by atoms with Gasteiger partial charge >= 0.3 is 6.09 Å². The summed E-state index contributed by atoms with van der Waals surface area (Å²) in [7, 11) is 1.74. The molecule has 4 aromatic rings. The van der Waals surface area contributed by atoms with E-state index in [1.807, 2.05) is 6.92 Å². The molecule has 3 heterocycles. The van der Waals surface area contributed by atoms with Crippen molar-refractivity contribution < 1.29 is 13.9 Å². The predicted octanol–water partition coefficient (Wildman–Crippen LogP) is 3.68. The first kappa shape index (κ1) is 17.6. The van der Waals surface area contributed by atoms with Crippen LogP contribution in [0.2, 0.25) is 0 Å². The molecule has 2 N–H and O–H groups in total. The molecular weight excluding hydrogens is 375 g/mol. The number of hydrogen-bond donors (Lipinski definition) is 2. The lowest BCUT2D eigenvalue weighted by Gasteiger charge is -2.38. The molecule has 1 amide bonds. The van der Waals surface area contributed by atoms with Gasteiger partial charge in [-0.25, -0.2) is 19.2 Å². The summed E-state index contributed by atoms with van der Waals surface area (Å²) >= 11 is 0. The fraction of sp³-hybridized carbons (Fsp3) is 0.300. The van der Waals surface area contributed by atoms with E-state index < -0.39 is 6.09 Å². The zero-order chi connectivity index (χ0) is 20.2. The quantitative estimate of drug-likeness (QED) is 0.552. The van der Waals surface area contributed by atoms with Crippen molar-refractivity contribution in [2.45, 2.75) is 31.7 Å². The van der Waals surface area contributed by atoms with Crippen LogP contribution in [-0.4, -0.2) is 36.4 Å². The van der Waals surface area contributed by atoms with Crippen LogP contribution in [0.1, 0.15) is 26.2 Å². The Kier molecular flexibility index (Phi) is 3.80. The number of aryl methyl sites for hydroxylation is 1. The number of rotatable bonds is 3. The minimum atomic E-state index is -0.515. The van der Waals surface area contributed by atoms with Gasteiger partial charge in [0.1, 0.15) is 17.2 Å². The number of nitrogens with one attached hydrogen (secondary N) is 2. The number of benzene rings is 1. The van der Waals surface area contributed by atoms with Gasteiger partial charge in [0.25, 0.3) is 0 Å². The molecule has 0 saturated heterocycles. The lowest BCUT2D eigenvalue weighted by molar-refractivity contribution is 0.160. The summed E-state index contributed by atoms with van der Waals surface area (Å²) in [6.07, 6.45) is 5.60. The predicted molar refractivity (Wildman–Crippen MR) is 105 cm³/mol. The lowest BCUT2D eigenvalue weighted by atomic mass is 9.79. The summed E-state index contributed by atoms with van der Waals surface area (Å²) in [6.45, 7) is 2.00. The molecule has 148 valence electrons. The third-order valence-corrected chi connectivity index (χ3v) is 5.47. The van der Waals surface area contributed by atoms with Gasteiger partial charge < -0.3 is 15.0 Å². The van der Waals surface area contributed by atoms with Crippen LogP contribution in [0.4, 0.5) is 9.18 Å². The highest BCUT2D eigenvalue weighted by Gasteiger charge is 2.34. The van der Waals surface area contributed by atoms with Crippen LogP contribution in [0, 0.1) is 5.82 Å².